The molecule has 104 valence electrons. The van der Waals surface area contributed by atoms with Crippen LogP contribution < -0.4 is 0 Å². The molecule has 1 aliphatic carbocycles. The highest BCUT2D eigenvalue weighted by Gasteiger charge is 2.28. The highest BCUT2D eigenvalue weighted by atomic mass is 19.1. The van der Waals surface area contributed by atoms with Gasteiger partial charge < -0.3 is 0 Å². The number of Topliss-reactive ketones (excluding diaryl/α,β-unsaturated/α-hetero) is 1. The van der Waals surface area contributed by atoms with Crippen molar-refractivity contribution in [3.8, 4) is 0 Å². The Hall–Kier alpha value is -1.18. The first-order valence-corrected chi connectivity index (χ1v) is 7.29. The van der Waals surface area contributed by atoms with Crippen LogP contribution in [0, 0.1) is 30.5 Å². The molecule has 0 radical (unpaired) electrons. The second-order valence-corrected chi connectivity index (χ2v) is 6.18. The molecule has 1 nitrogen and oxygen atoms in total. The summed E-state index contributed by atoms with van der Waals surface area (Å²) >= 11 is 0. The Balaban J connectivity index is 2.05. The molecule has 1 aliphatic rings. The maximum Gasteiger partial charge on any atom is 0.166 e. The molecule has 0 bridgehead atoms. The maximum atomic E-state index is 13.1. The van der Waals surface area contributed by atoms with Crippen molar-refractivity contribution in [1.82, 2.24) is 0 Å². The fourth-order valence-electron chi connectivity index (χ4n) is 3.17. The van der Waals surface area contributed by atoms with Crippen molar-refractivity contribution in [2.24, 2.45) is 17.8 Å². The molecule has 0 spiro atoms. The molecule has 0 saturated heterocycles. The molecule has 1 aromatic rings. The van der Waals surface area contributed by atoms with Gasteiger partial charge in [-0.3, -0.25) is 4.79 Å². The lowest BCUT2D eigenvalue weighted by Gasteiger charge is -2.30. The van der Waals surface area contributed by atoms with Crippen molar-refractivity contribution in [1.29, 1.82) is 0 Å². The van der Waals surface area contributed by atoms with E-state index in [0.717, 1.165) is 37.2 Å². The molecule has 2 heteroatoms. The molecule has 0 atom stereocenters. The van der Waals surface area contributed by atoms with Gasteiger partial charge in [0.25, 0.3) is 0 Å². The van der Waals surface area contributed by atoms with Crippen LogP contribution in [-0.2, 0) is 0 Å². The number of ketones is 1. The van der Waals surface area contributed by atoms with E-state index in [0.29, 0.717) is 11.5 Å². The molecule has 0 aromatic heterocycles. The van der Waals surface area contributed by atoms with Gasteiger partial charge in [0, 0.05) is 11.5 Å². The van der Waals surface area contributed by atoms with Crippen molar-refractivity contribution < 1.29 is 9.18 Å². The van der Waals surface area contributed by atoms with E-state index < -0.39 is 0 Å². The molecule has 2 rings (SSSR count). The lowest BCUT2D eigenvalue weighted by atomic mass is 9.74. The number of aryl methyl sites for hydroxylation is 1. The van der Waals surface area contributed by atoms with Crippen LogP contribution in [0.25, 0.3) is 0 Å². The molecular formula is C17H23FO. The van der Waals surface area contributed by atoms with Gasteiger partial charge in [-0.2, -0.15) is 0 Å². The van der Waals surface area contributed by atoms with Gasteiger partial charge in [0.15, 0.2) is 5.78 Å². The third kappa shape index (κ3) is 3.23. The van der Waals surface area contributed by atoms with E-state index in [4.69, 9.17) is 0 Å². The summed E-state index contributed by atoms with van der Waals surface area (Å²) in [4.78, 5) is 12.5. The van der Waals surface area contributed by atoms with Crippen LogP contribution in [0.4, 0.5) is 4.39 Å². The smallest absolute Gasteiger partial charge is 0.166 e. The fourth-order valence-corrected chi connectivity index (χ4v) is 3.17. The molecule has 1 fully saturated rings. The molecule has 0 aliphatic heterocycles. The molecule has 0 N–H and O–H groups in total. The first kappa shape index (κ1) is 14.2. The van der Waals surface area contributed by atoms with Gasteiger partial charge in [0.1, 0.15) is 5.82 Å². The van der Waals surface area contributed by atoms with Crippen LogP contribution in [0.2, 0.25) is 0 Å². The van der Waals surface area contributed by atoms with Crippen molar-refractivity contribution in [3.05, 3.63) is 35.1 Å². The van der Waals surface area contributed by atoms with Crippen LogP contribution in [0.5, 0.6) is 0 Å². The number of carbonyl (C=O) groups excluding carboxylic acids is 1. The lowest BCUT2D eigenvalue weighted by molar-refractivity contribution is 0.0858. The lowest BCUT2D eigenvalue weighted by Crippen LogP contribution is -2.24. The maximum absolute atomic E-state index is 13.1. The summed E-state index contributed by atoms with van der Waals surface area (Å²) in [6.07, 6.45) is 4.26. The van der Waals surface area contributed by atoms with Crippen LogP contribution in [-0.4, -0.2) is 5.78 Å². The predicted molar refractivity (Wildman–Crippen MR) is 75.8 cm³/mol. The zero-order valence-electron chi connectivity index (χ0n) is 12.1. The number of carbonyl (C=O) groups is 1. The summed E-state index contributed by atoms with van der Waals surface area (Å²) in [6.45, 7) is 6.34. The van der Waals surface area contributed by atoms with Crippen LogP contribution >= 0.6 is 0 Å². The minimum atomic E-state index is -0.266. The van der Waals surface area contributed by atoms with Gasteiger partial charge in [-0.05, 0) is 68.2 Å². The molecular weight excluding hydrogens is 239 g/mol. The first-order chi connectivity index (χ1) is 8.99. The predicted octanol–water partition coefficient (Wildman–Crippen LogP) is 4.78. The van der Waals surface area contributed by atoms with E-state index >= 15 is 0 Å². The fraction of sp³-hybridized carbons (Fsp3) is 0.588. The number of hydrogen-bond donors (Lipinski definition) is 0. The normalized spacial score (nSPS) is 23.6. The Bertz CT molecular complexity index is 456. The molecule has 0 amide bonds. The highest BCUT2D eigenvalue weighted by Crippen LogP contribution is 2.35. The van der Waals surface area contributed by atoms with Crippen molar-refractivity contribution in [2.75, 3.05) is 0 Å². The summed E-state index contributed by atoms with van der Waals surface area (Å²) in [7, 11) is 0. The zero-order chi connectivity index (χ0) is 14.0. The third-order valence-electron chi connectivity index (χ3n) is 4.54. The number of rotatable bonds is 3. The van der Waals surface area contributed by atoms with Gasteiger partial charge in [-0.25, -0.2) is 4.39 Å². The van der Waals surface area contributed by atoms with Gasteiger partial charge >= 0.3 is 0 Å². The molecule has 0 heterocycles. The van der Waals surface area contributed by atoms with E-state index in [2.05, 4.69) is 13.8 Å². The SMILES string of the molecule is Cc1cc(F)ccc1C(=O)C1CCC(C(C)C)CC1. The minimum absolute atomic E-state index is 0.138. The van der Waals surface area contributed by atoms with E-state index in [1.807, 2.05) is 6.92 Å². The summed E-state index contributed by atoms with van der Waals surface area (Å²) < 4.78 is 13.1. The number of halogens is 1. The minimum Gasteiger partial charge on any atom is -0.294 e. The topological polar surface area (TPSA) is 17.1 Å². The standard InChI is InChI=1S/C17H23FO/c1-11(2)13-4-6-14(7-5-13)17(19)16-9-8-15(18)10-12(16)3/h8-11,13-14H,4-7H2,1-3H3. The van der Waals surface area contributed by atoms with Crippen LogP contribution in [0.15, 0.2) is 18.2 Å². The van der Waals surface area contributed by atoms with E-state index in [-0.39, 0.29) is 17.5 Å². The number of benzene rings is 1. The second-order valence-electron chi connectivity index (χ2n) is 6.18. The summed E-state index contributed by atoms with van der Waals surface area (Å²) in [5.74, 6) is 1.55. The molecule has 0 unspecified atom stereocenters. The van der Waals surface area contributed by atoms with E-state index in [1.54, 1.807) is 6.07 Å². The third-order valence-corrected chi connectivity index (χ3v) is 4.54. The van der Waals surface area contributed by atoms with Crippen molar-refractivity contribution >= 4 is 5.78 Å². The van der Waals surface area contributed by atoms with Gasteiger partial charge in [0.05, 0.1) is 0 Å². The quantitative estimate of drug-likeness (QED) is 0.716. The first-order valence-electron chi connectivity index (χ1n) is 7.29. The molecule has 1 aromatic carbocycles. The Morgan fingerprint density at radius 3 is 2.37 bits per heavy atom. The van der Waals surface area contributed by atoms with Gasteiger partial charge in [-0.15, -0.1) is 0 Å². The average Bonchev–Trinajstić information content (AvgIpc) is 2.38. The van der Waals surface area contributed by atoms with Gasteiger partial charge in [0.2, 0.25) is 0 Å². The zero-order valence-corrected chi connectivity index (χ0v) is 12.1. The molecule has 1 saturated carbocycles. The van der Waals surface area contributed by atoms with Gasteiger partial charge in [-0.1, -0.05) is 13.8 Å². The molecule has 19 heavy (non-hydrogen) atoms. The van der Waals surface area contributed by atoms with E-state index in [1.165, 1.54) is 12.1 Å². The summed E-state index contributed by atoms with van der Waals surface area (Å²) in [5.41, 5.74) is 1.46. The van der Waals surface area contributed by atoms with Crippen LogP contribution in [0.3, 0.4) is 0 Å². The Morgan fingerprint density at radius 1 is 1.21 bits per heavy atom. The van der Waals surface area contributed by atoms with Crippen molar-refractivity contribution in [2.45, 2.75) is 46.5 Å². The summed E-state index contributed by atoms with van der Waals surface area (Å²) in [5, 5.41) is 0. The second kappa shape index (κ2) is 5.85. The Labute approximate surface area is 115 Å². The monoisotopic (exact) mass is 262 g/mol. The van der Waals surface area contributed by atoms with E-state index in [9.17, 15) is 9.18 Å². The van der Waals surface area contributed by atoms with Crippen LogP contribution in [0.1, 0.15) is 55.5 Å². The number of hydrogen-bond acceptors (Lipinski definition) is 1. The summed E-state index contributed by atoms with van der Waals surface area (Å²) in [6, 6.07) is 4.48. The average molecular weight is 262 g/mol. The Morgan fingerprint density at radius 2 is 1.84 bits per heavy atom. The largest absolute Gasteiger partial charge is 0.294 e. The highest BCUT2D eigenvalue weighted by molar-refractivity contribution is 5.99. The Kier molecular flexibility index (Phi) is 4.38. The van der Waals surface area contributed by atoms with Crippen molar-refractivity contribution in [3.63, 3.8) is 0 Å².